The molecule has 2 aromatic carbocycles. The molecule has 31 heavy (non-hydrogen) atoms. The van der Waals surface area contributed by atoms with Crippen molar-refractivity contribution in [2.45, 2.75) is 25.3 Å². The van der Waals surface area contributed by atoms with E-state index in [1.807, 2.05) is 24.3 Å². The monoisotopic (exact) mass is 421 g/mol. The summed E-state index contributed by atoms with van der Waals surface area (Å²) in [5.41, 5.74) is 1.22. The van der Waals surface area contributed by atoms with Gasteiger partial charge in [0.25, 0.3) is 5.91 Å². The first-order chi connectivity index (χ1) is 15.0. The SMILES string of the molecule is CC1(c2ccc3c(c2)OCCCO3)NC(=O)N(CC(=O)N2CCc3ccccc32)C1=O. The number of hydrogen-bond donors (Lipinski definition) is 1. The first kappa shape index (κ1) is 19.4. The van der Waals surface area contributed by atoms with E-state index in [1.54, 1.807) is 30.0 Å². The molecular formula is C23H23N3O5. The van der Waals surface area contributed by atoms with Crippen LogP contribution in [0.3, 0.4) is 0 Å². The van der Waals surface area contributed by atoms with Gasteiger partial charge >= 0.3 is 6.03 Å². The van der Waals surface area contributed by atoms with Crippen LogP contribution in [-0.4, -0.2) is 49.0 Å². The van der Waals surface area contributed by atoms with E-state index in [2.05, 4.69) is 5.32 Å². The molecule has 0 bridgehead atoms. The lowest BCUT2D eigenvalue weighted by Gasteiger charge is -2.24. The molecule has 1 fully saturated rings. The Bertz CT molecular complexity index is 1080. The highest BCUT2D eigenvalue weighted by Gasteiger charge is 2.50. The van der Waals surface area contributed by atoms with Gasteiger partial charge in [0.05, 0.1) is 13.2 Å². The summed E-state index contributed by atoms with van der Waals surface area (Å²) in [6.07, 6.45) is 1.53. The van der Waals surface area contributed by atoms with E-state index in [9.17, 15) is 14.4 Å². The fourth-order valence-electron chi connectivity index (χ4n) is 4.33. The molecule has 3 heterocycles. The molecule has 160 valence electrons. The van der Waals surface area contributed by atoms with Gasteiger partial charge in [-0.1, -0.05) is 24.3 Å². The Morgan fingerprint density at radius 2 is 1.87 bits per heavy atom. The molecule has 3 aliphatic rings. The minimum absolute atomic E-state index is 0.281. The van der Waals surface area contributed by atoms with Crippen LogP contribution in [0.4, 0.5) is 10.5 Å². The first-order valence-corrected chi connectivity index (χ1v) is 10.4. The molecule has 0 aromatic heterocycles. The smallest absolute Gasteiger partial charge is 0.325 e. The van der Waals surface area contributed by atoms with Crippen LogP contribution in [0.2, 0.25) is 0 Å². The van der Waals surface area contributed by atoms with Crippen molar-refractivity contribution in [3.63, 3.8) is 0 Å². The van der Waals surface area contributed by atoms with E-state index in [0.29, 0.717) is 36.8 Å². The van der Waals surface area contributed by atoms with Crippen LogP contribution in [0.1, 0.15) is 24.5 Å². The Morgan fingerprint density at radius 1 is 1.10 bits per heavy atom. The number of fused-ring (bicyclic) bond motifs is 2. The van der Waals surface area contributed by atoms with Gasteiger partial charge in [-0.2, -0.15) is 0 Å². The van der Waals surface area contributed by atoms with E-state index in [1.165, 1.54) is 0 Å². The molecule has 0 radical (unpaired) electrons. The average Bonchev–Trinajstić information content (AvgIpc) is 3.18. The van der Waals surface area contributed by atoms with Crippen LogP contribution in [0.15, 0.2) is 42.5 Å². The van der Waals surface area contributed by atoms with Crippen molar-refractivity contribution in [3.8, 4) is 11.5 Å². The van der Waals surface area contributed by atoms with Gasteiger partial charge in [0, 0.05) is 18.7 Å². The van der Waals surface area contributed by atoms with Crippen LogP contribution < -0.4 is 19.7 Å². The number of nitrogens with one attached hydrogen (secondary N) is 1. The Balaban J connectivity index is 1.37. The summed E-state index contributed by atoms with van der Waals surface area (Å²) in [4.78, 5) is 41.5. The number of urea groups is 1. The van der Waals surface area contributed by atoms with Gasteiger partial charge in [-0.15, -0.1) is 0 Å². The Morgan fingerprint density at radius 3 is 2.71 bits per heavy atom. The Kier molecular flexibility index (Phi) is 4.57. The second-order valence-corrected chi connectivity index (χ2v) is 8.08. The van der Waals surface area contributed by atoms with Crippen LogP contribution in [0.25, 0.3) is 0 Å². The lowest BCUT2D eigenvalue weighted by Crippen LogP contribution is -2.44. The molecule has 5 rings (SSSR count). The van der Waals surface area contributed by atoms with Gasteiger partial charge in [0.1, 0.15) is 12.1 Å². The molecule has 0 saturated carbocycles. The minimum Gasteiger partial charge on any atom is -0.490 e. The highest BCUT2D eigenvalue weighted by atomic mass is 16.5. The molecule has 4 amide bonds. The number of carbonyl (C=O) groups is 3. The lowest BCUT2D eigenvalue weighted by atomic mass is 9.91. The maximum atomic E-state index is 13.3. The standard InChI is InChI=1S/C23H23N3O5/c1-23(16-7-8-18-19(13-16)31-12-4-11-30-18)21(28)26(22(29)24-23)14-20(27)25-10-9-15-5-2-3-6-17(15)25/h2-3,5-8,13H,4,9-12,14H2,1H3,(H,24,29). The fourth-order valence-corrected chi connectivity index (χ4v) is 4.33. The van der Waals surface area contributed by atoms with Crippen LogP contribution in [0.5, 0.6) is 11.5 Å². The molecule has 0 aliphatic carbocycles. The summed E-state index contributed by atoms with van der Waals surface area (Å²) in [6, 6.07) is 12.3. The van der Waals surface area contributed by atoms with Crippen molar-refractivity contribution >= 4 is 23.5 Å². The predicted octanol–water partition coefficient (Wildman–Crippen LogP) is 2.20. The zero-order valence-electron chi connectivity index (χ0n) is 17.2. The molecule has 8 heteroatoms. The number of amides is 4. The zero-order chi connectivity index (χ0) is 21.6. The number of imide groups is 1. The molecular weight excluding hydrogens is 398 g/mol. The highest BCUT2D eigenvalue weighted by Crippen LogP contribution is 2.37. The minimum atomic E-state index is -1.29. The summed E-state index contributed by atoms with van der Waals surface area (Å²) in [7, 11) is 0. The van der Waals surface area contributed by atoms with Crippen molar-refractivity contribution in [3.05, 3.63) is 53.6 Å². The number of rotatable bonds is 3. The molecule has 2 aromatic rings. The van der Waals surface area contributed by atoms with Crippen molar-refractivity contribution < 1.29 is 23.9 Å². The topological polar surface area (TPSA) is 88.2 Å². The maximum absolute atomic E-state index is 13.3. The largest absolute Gasteiger partial charge is 0.490 e. The van der Waals surface area contributed by atoms with E-state index < -0.39 is 17.5 Å². The maximum Gasteiger partial charge on any atom is 0.325 e. The second-order valence-electron chi connectivity index (χ2n) is 8.08. The summed E-state index contributed by atoms with van der Waals surface area (Å²) in [5, 5.41) is 2.75. The number of anilines is 1. The first-order valence-electron chi connectivity index (χ1n) is 10.4. The predicted molar refractivity (Wildman–Crippen MR) is 112 cm³/mol. The van der Waals surface area contributed by atoms with Gasteiger partial charge in [0.2, 0.25) is 5.91 Å². The number of carbonyl (C=O) groups excluding carboxylic acids is 3. The molecule has 1 N–H and O–H groups in total. The lowest BCUT2D eigenvalue weighted by molar-refractivity contribution is -0.134. The van der Waals surface area contributed by atoms with Crippen LogP contribution in [-0.2, 0) is 21.5 Å². The molecule has 0 spiro atoms. The normalized spacial score (nSPS) is 22.2. The van der Waals surface area contributed by atoms with E-state index in [-0.39, 0.29) is 12.5 Å². The summed E-state index contributed by atoms with van der Waals surface area (Å²) >= 11 is 0. The van der Waals surface area contributed by atoms with Gasteiger partial charge in [-0.05, 0) is 42.7 Å². The number of hydrogen-bond acceptors (Lipinski definition) is 5. The second kappa shape index (κ2) is 7.30. The molecule has 1 saturated heterocycles. The zero-order valence-corrected chi connectivity index (χ0v) is 17.2. The number of para-hydroxylation sites is 1. The van der Waals surface area contributed by atoms with Crippen molar-refractivity contribution in [2.24, 2.45) is 0 Å². The van der Waals surface area contributed by atoms with Crippen LogP contribution >= 0.6 is 0 Å². The third kappa shape index (κ3) is 3.19. The van der Waals surface area contributed by atoms with Gasteiger partial charge < -0.3 is 19.7 Å². The number of benzene rings is 2. The third-order valence-electron chi connectivity index (χ3n) is 6.08. The molecule has 3 aliphatic heterocycles. The van der Waals surface area contributed by atoms with Gasteiger partial charge in [0.15, 0.2) is 11.5 Å². The quantitative estimate of drug-likeness (QED) is 0.768. The van der Waals surface area contributed by atoms with Crippen molar-refractivity contribution in [1.29, 1.82) is 0 Å². The summed E-state index contributed by atoms with van der Waals surface area (Å²) < 4.78 is 11.4. The van der Waals surface area contributed by atoms with Crippen LogP contribution in [0, 0.1) is 0 Å². The summed E-state index contributed by atoms with van der Waals surface area (Å²) in [5.74, 6) is 0.409. The molecule has 1 atom stereocenters. The highest BCUT2D eigenvalue weighted by molar-refractivity contribution is 6.10. The Hall–Kier alpha value is -3.55. The van der Waals surface area contributed by atoms with E-state index in [4.69, 9.17) is 9.47 Å². The third-order valence-corrected chi connectivity index (χ3v) is 6.08. The van der Waals surface area contributed by atoms with Crippen molar-refractivity contribution in [1.82, 2.24) is 10.2 Å². The van der Waals surface area contributed by atoms with E-state index >= 15 is 0 Å². The molecule has 8 nitrogen and oxygen atoms in total. The van der Waals surface area contributed by atoms with Gasteiger partial charge in [-0.3, -0.25) is 14.5 Å². The summed E-state index contributed by atoms with van der Waals surface area (Å²) in [6.45, 7) is 2.96. The Labute approximate surface area is 179 Å². The number of ether oxygens (including phenoxy) is 2. The average molecular weight is 421 g/mol. The molecule has 1 unspecified atom stereocenters. The van der Waals surface area contributed by atoms with Gasteiger partial charge in [-0.25, -0.2) is 4.79 Å². The fraction of sp³-hybridized carbons (Fsp3) is 0.348. The van der Waals surface area contributed by atoms with E-state index in [0.717, 1.165) is 29.0 Å². The van der Waals surface area contributed by atoms with Crippen molar-refractivity contribution in [2.75, 3.05) is 31.2 Å². The number of nitrogens with zero attached hydrogens (tertiary/aromatic N) is 2.